The third-order valence-corrected chi connectivity index (χ3v) is 8.95. The molecule has 0 rings (SSSR count). The van der Waals surface area contributed by atoms with Gasteiger partial charge in [-0.1, -0.05) is 0 Å². The van der Waals surface area contributed by atoms with Crippen molar-refractivity contribution in [2.45, 2.75) is 11.0 Å². The number of hydrogen-bond acceptors (Lipinski definition) is 8. The van der Waals surface area contributed by atoms with Gasteiger partial charge in [0.15, 0.2) is 20.0 Å². The summed E-state index contributed by atoms with van der Waals surface area (Å²) in [6, 6.07) is 0. The molecular formula is C9H21F6N4O5PS2. The lowest BCUT2D eigenvalue weighted by atomic mass is 11.2. The number of rotatable bonds is 6. The second kappa shape index (κ2) is 9.47. The van der Waals surface area contributed by atoms with E-state index in [0.717, 1.165) is 4.13 Å². The summed E-state index contributed by atoms with van der Waals surface area (Å²) in [4.78, 5) is 0. The van der Waals surface area contributed by atoms with Gasteiger partial charge in [-0.3, -0.25) is 0 Å². The lowest BCUT2D eigenvalue weighted by molar-refractivity contribution is -0.0444. The predicted octanol–water partition coefficient (Wildman–Crippen LogP) is 2.05. The molecule has 0 saturated heterocycles. The van der Waals surface area contributed by atoms with E-state index < -0.39 is 39.0 Å². The van der Waals surface area contributed by atoms with Crippen molar-refractivity contribution in [3.63, 3.8) is 0 Å². The first-order valence-electron chi connectivity index (χ1n) is 6.45. The monoisotopic (exact) mass is 474 g/mol. The van der Waals surface area contributed by atoms with E-state index in [1.54, 1.807) is 7.11 Å². The molecule has 0 spiro atoms. The highest BCUT2D eigenvalue weighted by Crippen LogP contribution is 2.63. The Morgan fingerprint density at radius 2 is 0.926 bits per heavy atom. The van der Waals surface area contributed by atoms with Crippen LogP contribution in [0.4, 0.5) is 26.3 Å². The van der Waals surface area contributed by atoms with Crippen LogP contribution in [0, 0.1) is 0 Å². The van der Waals surface area contributed by atoms with Crippen molar-refractivity contribution in [2.24, 2.45) is 0 Å². The minimum Gasteiger partial charge on any atom is -0.421 e. The van der Waals surface area contributed by atoms with Crippen LogP contribution in [0.15, 0.2) is 0 Å². The third kappa shape index (κ3) is 7.23. The maximum absolute atomic E-state index is 11.4. The molecule has 0 amide bonds. The van der Waals surface area contributed by atoms with Gasteiger partial charge in [-0.15, -0.1) is 14.0 Å². The average molecular weight is 474 g/mol. The first-order chi connectivity index (χ1) is 11.6. The van der Waals surface area contributed by atoms with Crippen LogP contribution in [-0.2, 0) is 24.6 Å². The number of alkyl halides is 6. The van der Waals surface area contributed by atoms with Crippen LogP contribution in [0.2, 0.25) is 0 Å². The maximum atomic E-state index is 11.4. The van der Waals surface area contributed by atoms with E-state index in [4.69, 9.17) is 4.52 Å². The van der Waals surface area contributed by atoms with Crippen molar-refractivity contribution in [3.8, 4) is 0 Å². The number of sulfonamides is 2. The first kappa shape index (κ1) is 28.9. The molecule has 0 fully saturated rings. The highest BCUT2D eigenvalue weighted by Gasteiger charge is 2.49. The first-order valence-corrected chi connectivity index (χ1v) is 10.9. The smallest absolute Gasteiger partial charge is 0.421 e. The zero-order chi connectivity index (χ0) is 22.6. The van der Waals surface area contributed by atoms with Crippen molar-refractivity contribution in [1.82, 2.24) is 14.0 Å². The third-order valence-electron chi connectivity index (χ3n) is 2.59. The molecule has 0 aliphatic carbocycles. The quantitative estimate of drug-likeness (QED) is 0.426. The lowest BCUT2D eigenvalue weighted by Crippen LogP contribution is -2.36. The van der Waals surface area contributed by atoms with Gasteiger partial charge in [-0.25, -0.2) is 16.8 Å². The van der Waals surface area contributed by atoms with Crippen LogP contribution in [0.5, 0.6) is 0 Å². The number of hydrogen-bond donors (Lipinski definition) is 0. The van der Waals surface area contributed by atoms with Crippen molar-refractivity contribution < 1.29 is 47.7 Å². The molecule has 0 bridgehead atoms. The van der Waals surface area contributed by atoms with Gasteiger partial charge < -0.3 is 4.13 Å². The van der Waals surface area contributed by atoms with Gasteiger partial charge in [-0.05, 0) is 0 Å². The molecule has 0 aromatic carbocycles. The lowest BCUT2D eigenvalue weighted by Gasteiger charge is -2.36. The Morgan fingerprint density at radius 3 is 1.00 bits per heavy atom. The average Bonchev–Trinajstić information content (AvgIpc) is 2.35. The summed E-state index contributed by atoms with van der Waals surface area (Å²) in [6.45, 7) is 0. The van der Waals surface area contributed by atoms with Crippen molar-refractivity contribution in [3.05, 3.63) is 4.13 Å². The largest absolute Gasteiger partial charge is 0.480 e. The van der Waals surface area contributed by atoms with E-state index in [1.807, 2.05) is 42.3 Å². The van der Waals surface area contributed by atoms with Gasteiger partial charge in [0.25, 0.3) is 0 Å². The molecule has 0 aliphatic rings. The molecule has 0 radical (unpaired) electrons. The van der Waals surface area contributed by atoms with E-state index in [1.165, 1.54) is 0 Å². The molecule has 0 saturated carbocycles. The van der Waals surface area contributed by atoms with Crippen LogP contribution in [-0.4, -0.2) is 91.3 Å². The van der Waals surface area contributed by atoms with Gasteiger partial charge in [-0.2, -0.15) is 30.9 Å². The minimum absolute atomic E-state index is 0.778. The molecule has 9 nitrogen and oxygen atoms in total. The van der Waals surface area contributed by atoms with Crippen molar-refractivity contribution in [2.75, 3.05) is 49.4 Å². The highest BCUT2D eigenvalue weighted by atomic mass is 32.3. The van der Waals surface area contributed by atoms with Crippen LogP contribution in [0.25, 0.3) is 4.13 Å². The summed E-state index contributed by atoms with van der Waals surface area (Å²) in [6.07, 6.45) is 0. The summed E-state index contributed by atoms with van der Waals surface area (Å²) >= 11 is 0. The Labute approximate surface area is 154 Å². The second-order valence-corrected chi connectivity index (χ2v) is 12.4. The van der Waals surface area contributed by atoms with E-state index in [0.29, 0.717) is 0 Å². The normalized spacial score (nSPS) is 14.5. The van der Waals surface area contributed by atoms with Gasteiger partial charge in [0, 0.05) is 42.3 Å². The number of halogens is 6. The van der Waals surface area contributed by atoms with Gasteiger partial charge in [0.1, 0.15) is 0 Å². The Morgan fingerprint density at radius 1 is 0.704 bits per heavy atom. The molecule has 18 heteroatoms. The van der Waals surface area contributed by atoms with Crippen LogP contribution in [0.1, 0.15) is 0 Å². The fraction of sp³-hybridized carbons (Fsp3) is 1.00. The second-order valence-electron chi connectivity index (χ2n) is 5.15. The Balaban J connectivity index is 0. The Hall–Kier alpha value is -0.290. The fourth-order valence-corrected chi connectivity index (χ4v) is 6.61. The molecular weight excluding hydrogens is 453 g/mol. The number of nitrogens with zero attached hydrogens (tertiary/aromatic N) is 4. The molecule has 0 heterocycles. The van der Waals surface area contributed by atoms with E-state index in [-0.39, 0.29) is 0 Å². The maximum Gasteiger partial charge on any atom is 0.480 e. The molecule has 166 valence electrons. The molecule has 0 unspecified atom stereocenters. The van der Waals surface area contributed by atoms with Gasteiger partial charge in [0.2, 0.25) is 0 Å². The van der Waals surface area contributed by atoms with Crippen LogP contribution >= 0.6 is 7.94 Å². The SMILES string of the molecule is CO[P+](N(C)C)(N(C)C)N(C)C.O=S(=O)([N-]S(=O)(=O)C(F)(F)F)C(F)(F)F. The zero-order valence-corrected chi connectivity index (χ0v) is 17.9. The molecule has 0 N–H and O–H groups in total. The fourth-order valence-electron chi connectivity index (χ4n) is 1.78. The van der Waals surface area contributed by atoms with Gasteiger partial charge >= 0.3 is 19.0 Å². The summed E-state index contributed by atoms with van der Waals surface area (Å²) < 4.78 is 121. The van der Waals surface area contributed by atoms with E-state index >= 15 is 0 Å². The summed E-state index contributed by atoms with van der Waals surface area (Å²) in [7, 11) is -1.14. The highest BCUT2D eigenvalue weighted by molar-refractivity contribution is 8.13. The van der Waals surface area contributed by atoms with Crippen molar-refractivity contribution in [1.29, 1.82) is 0 Å². The van der Waals surface area contributed by atoms with Crippen LogP contribution < -0.4 is 0 Å². The molecule has 0 aliphatic heterocycles. The molecule has 0 aromatic rings. The Kier molecular flexibility index (Phi) is 10.1. The van der Waals surface area contributed by atoms with Crippen molar-refractivity contribution >= 4 is 28.0 Å². The zero-order valence-electron chi connectivity index (χ0n) is 15.4. The standard InChI is InChI=1S/C7H21N3OP.C2F6NO4S2/c1-8(2)12(11-7,9(3)4)10(5)6;3-1(4,5)14(10,11)9-15(12,13)2(6,7)8/h1-7H3;/q+1;-1. The molecule has 0 aromatic heterocycles. The van der Waals surface area contributed by atoms with Crippen LogP contribution in [0.3, 0.4) is 0 Å². The summed E-state index contributed by atoms with van der Waals surface area (Å²) in [5.74, 6) is 0. The molecule has 0 atom stereocenters. The topological polar surface area (TPSA) is 101 Å². The predicted molar refractivity (Wildman–Crippen MR) is 88.3 cm³/mol. The van der Waals surface area contributed by atoms with E-state index in [2.05, 4.69) is 14.0 Å². The summed E-state index contributed by atoms with van der Waals surface area (Å²) in [5, 5.41) is 0. The Bertz CT molecular complexity index is 614. The minimum atomic E-state index is -6.72. The van der Waals surface area contributed by atoms with Gasteiger partial charge in [0.05, 0.1) is 7.11 Å². The molecule has 27 heavy (non-hydrogen) atoms. The summed E-state index contributed by atoms with van der Waals surface area (Å²) in [5.41, 5.74) is -12.4. The van der Waals surface area contributed by atoms with E-state index in [9.17, 15) is 43.2 Å².